The van der Waals surface area contributed by atoms with Gasteiger partial charge in [-0.3, -0.25) is 0 Å². The molecule has 0 unspecified atom stereocenters. The Kier molecular flexibility index (Phi) is 9.40. The van der Waals surface area contributed by atoms with E-state index in [0.29, 0.717) is 0 Å². The number of hydrogen-bond donors (Lipinski definition) is 0. The van der Waals surface area contributed by atoms with Crippen molar-refractivity contribution in [2.45, 2.75) is 31.1 Å². The molecule has 0 bridgehead atoms. The van der Waals surface area contributed by atoms with Gasteiger partial charge in [-0.05, 0) is 161 Å². The lowest BCUT2D eigenvalue weighted by molar-refractivity contribution is 0.660. The van der Waals surface area contributed by atoms with Gasteiger partial charge < -0.3 is 9.47 Å². The van der Waals surface area contributed by atoms with E-state index in [2.05, 4.69) is 290 Å². The summed E-state index contributed by atoms with van der Waals surface area (Å²) < 4.78 is 2.44. The topological polar surface area (TPSA) is 8.17 Å². The van der Waals surface area contributed by atoms with Gasteiger partial charge in [0.15, 0.2) is 0 Å². The summed E-state index contributed by atoms with van der Waals surface area (Å²) in [6.45, 7) is 4.86. The predicted molar refractivity (Wildman–Crippen MR) is 322 cm³/mol. The van der Waals surface area contributed by atoms with Crippen LogP contribution in [0.25, 0.3) is 82.8 Å². The van der Waals surface area contributed by atoms with Crippen LogP contribution in [0.15, 0.2) is 267 Å². The molecule has 2 nitrogen and oxygen atoms in total. The van der Waals surface area contributed by atoms with Gasteiger partial charge in [0.1, 0.15) is 0 Å². The maximum absolute atomic E-state index is 2.53. The second kappa shape index (κ2) is 16.5. The Morgan fingerprint density at radius 1 is 0.351 bits per heavy atom. The minimum Gasteiger partial charge on any atom is -0.310 e. The van der Waals surface area contributed by atoms with Crippen molar-refractivity contribution in [2.75, 3.05) is 4.90 Å². The Balaban J connectivity index is 0.934. The predicted octanol–water partition coefficient (Wildman–Crippen LogP) is 19.3. The van der Waals surface area contributed by atoms with Crippen molar-refractivity contribution in [1.82, 2.24) is 4.57 Å². The maximum atomic E-state index is 2.53. The molecule has 2 heteroatoms. The first-order valence-corrected chi connectivity index (χ1v) is 27.1. The highest BCUT2D eigenvalue weighted by Crippen LogP contribution is 2.59. The lowest BCUT2D eigenvalue weighted by atomic mass is 9.66. The van der Waals surface area contributed by atoms with Crippen LogP contribution in [0.1, 0.15) is 58.4 Å². The fraction of sp³-hybridized carbons (Fsp3) is 0.0667. The smallest absolute Gasteiger partial charge is 0.0720 e. The van der Waals surface area contributed by atoms with Crippen molar-refractivity contribution in [3.63, 3.8) is 0 Å². The molecule has 77 heavy (non-hydrogen) atoms. The van der Waals surface area contributed by atoms with Gasteiger partial charge in [-0.15, -0.1) is 0 Å². The minimum atomic E-state index is -0.612. The molecule has 3 aliphatic carbocycles. The van der Waals surface area contributed by atoms with Crippen LogP contribution in [0.2, 0.25) is 0 Å². The highest BCUT2D eigenvalue weighted by molar-refractivity contribution is 6.10. The normalized spacial score (nSPS) is 14.0. The average molecular weight is 981 g/mol. The minimum absolute atomic E-state index is 0.255. The third kappa shape index (κ3) is 6.24. The van der Waals surface area contributed by atoms with Crippen LogP contribution in [0.4, 0.5) is 17.1 Å². The number of anilines is 3. The number of para-hydroxylation sites is 2. The molecule has 16 rings (SSSR count). The van der Waals surface area contributed by atoms with E-state index in [4.69, 9.17) is 0 Å². The Morgan fingerprint density at radius 2 is 0.974 bits per heavy atom. The lowest BCUT2D eigenvalue weighted by Gasteiger charge is -2.36. The molecule has 362 valence electrons. The van der Waals surface area contributed by atoms with Crippen LogP contribution in [0, 0.1) is 0 Å². The maximum Gasteiger partial charge on any atom is 0.0720 e. The highest BCUT2D eigenvalue weighted by Gasteiger charge is 2.47. The largest absolute Gasteiger partial charge is 0.310 e. The van der Waals surface area contributed by atoms with Crippen molar-refractivity contribution in [3.8, 4) is 50.2 Å². The molecule has 0 spiro atoms. The van der Waals surface area contributed by atoms with Crippen molar-refractivity contribution >= 4 is 49.6 Å². The molecule has 0 amide bonds. The number of fused-ring (bicyclic) bond motifs is 14. The molecule has 0 fully saturated rings. The highest BCUT2D eigenvalue weighted by atomic mass is 15.1. The van der Waals surface area contributed by atoms with Gasteiger partial charge in [0.05, 0.1) is 16.4 Å². The van der Waals surface area contributed by atoms with Crippen LogP contribution in [0.5, 0.6) is 0 Å². The third-order valence-corrected chi connectivity index (χ3v) is 17.6. The number of benzene rings is 12. The van der Waals surface area contributed by atoms with E-state index < -0.39 is 5.41 Å². The molecule has 12 aromatic carbocycles. The zero-order valence-corrected chi connectivity index (χ0v) is 43.0. The van der Waals surface area contributed by atoms with E-state index in [1.54, 1.807) is 0 Å². The molecule has 0 saturated heterocycles. The number of aromatic nitrogens is 1. The van der Waals surface area contributed by atoms with E-state index in [0.717, 1.165) is 29.2 Å². The summed E-state index contributed by atoms with van der Waals surface area (Å²) in [4.78, 5) is 2.53. The van der Waals surface area contributed by atoms with Crippen LogP contribution in [0.3, 0.4) is 0 Å². The monoisotopic (exact) mass is 980 g/mol. The summed E-state index contributed by atoms with van der Waals surface area (Å²) in [5.41, 5.74) is 27.2. The Bertz CT molecular complexity index is 4520. The first-order chi connectivity index (χ1) is 37.9. The van der Waals surface area contributed by atoms with Gasteiger partial charge in [0.2, 0.25) is 0 Å². The van der Waals surface area contributed by atoms with Gasteiger partial charge in [-0.2, -0.15) is 0 Å². The first-order valence-electron chi connectivity index (χ1n) is 27.1. The van der Waals surface area contributed by atoms with Gasteiger partial charge in [0.25, 0.3) is 0 Å². The van der Waals surface area contributed by atoms with Crippen molar-refractivity contribution in [3.05, 3.63) is 311 Å². The van der Waals surface area contributed by atoms with E-state index in [1.807, 2.05) is 0 Å². The van der Waals surface area contributed by atoms with Crippen LogP contribution < -0.4 is 4.90 Å². The molecule has 13 aromatic rings. The van der Waals surface area contributed by atoms with Crippen molar-refractivity contribution in [1.29, 1.82) is 0 Å². The number of nitrogens with zero attached hydrogens (tertiary/aromatic N) is 2. The summed E-state index contributed by atoms with van der Waals surface area (Å²) in [7, 11) is 0. The van der Waals surface area contributed by atoms with Crippen LogP contribution in [-0.2, 0) is 17.3 Å². The number of rotatable bonds is 7. The fourth-order valence-electron chi connectivity index (χ4n) is 14.3. The van der Waals surface area contributed by atoms with E-state index >= 15 is 0 Å². The first kappa shape index (κ1) is 43.9. The molecule has 0 radical (unpaired) electrons. The van der Waals surface area contributed by atoms with Gasteiger partial charge in [-0.1, -0.05) is 226 Å². The summed E-state index contributed by atoms with van der Waals surface area (Å²) in [6, 6.07) is 100. The quantitative estimate of drug-likeness (QED) is 0.154. The van der Waals surface area contributed by atoms with Crippen molar-refractivity contribution in [2.24, 2.45) is 0 Å². The standard InChI is InChI=1S/C75H52N2/c1-74(2)68-42-36-51-44-52-43-50(48-19-5-3-6-20-48)35-39-59(52)72(51)73(68)64-41-38-56(46-69(64)74)76(57-37-40-63-62-30-13-16-34-70(62)77(71(63)47-57)54-24-7-4-8-25-54)55-26-18-23-53(45-55)75(65-33-17-22-49-21-9-10-27-58(49)65)66-31-14-11-28-60(66)61-29-12-15-32-67(61)75/h3-43,45-47H,44H2,1-2H3. The van der Waals surface area contributed by atoms with E-state index in [9.17, 15) is 0 Å². The third-order valence-electron chi connectivity index (χ3n) is 17.6. The molecule has 3 aliphatic rings. The van der Waals surface area contributed by atoms with Crippen molar-refractivity contribution < 1.29 is 0 Å². The second-order valence-corrected chi connectivity index (χ2v) is 21.9. The average Bonchev–Trinajstić information content (AvgIpc) is 4.22. The zero-order chi connectivity index (χ0) is 51.0. The molecule has 1 heterocycles. The molecule has 0 N–H and O–H groups in total. The van der Waals surface area contributed by atoms with Crippen LogP contribution >= 0.6 is 0 Å². The Labute approximate surface area is 449 Å². The lowest BCUT2D eigenvalue weighted by Crippen LogP contribution is -2.29. The second-order valence-electron chi connectivity index (χ2n) is 21.9. The van der Waals surface area contributed by atoms with Gasteiger partial charge in [-0.25, -0.2) is 0 Å². The molecule has 0 aliphatic heterocycles. The molecule has 1 aromatic heterocycles. The van der Waals surface area contributed by atoms with E-state index in [1.165, 1.54) is 122 Å². The van der Waals surface area contributed by atoms with E-state index in [-0.39, 0.29) is 5.41 Å². The number of hydrogen-bond acceptors (Lipinski definition) is 1. The fourth-order valence-corrected chi connectivity index (χ4v) is 14.3. The molecular formula is C75H52N2. The summed E-state index contributed by atoms with van der Waals surface area (Å²) in [5, 5.41) is 4.96. The molecule has 0 saturated carbocycles. The Hall–Kier alpha value is -9.50. The molecular weight excluding hydrogens is 929 g/mol. The Morgan fingerprint density at radius 3 is 1.79 bits per heavy atom. The van der Waals surface area contributed by atoms with Gasteiger partial charge >= 0.3 is 0 Å². The summed E-state index contributed by atoms with van der Waals surface area (Å²) in [6.07, 6.45) is 0.938. The summed E-state index contributed by atoms with van der Waals surface area (Å²) >= 11 is 0. The zero-order valence-electron chi connectivity index (χ0n) is 43.0. The SMILES string of the molecule is CC1(C)c2cc(N(c3cccc(C4(c5cccc6ccccc56)c5ccccc5-c5ccccc54)c3)c3ccc4c5ccccc5n(-c5ccccc5)c4c3)ccc2-c2c1ccc1c2-c2ccc(-c3ccccc3)cc2C1. The van der Waals surface area contributed by atoms with Gasteiger partial charge in [0, 0.05) is 38.9 Å². The molecule has 0 atom stereocenters. The summed E-state index contributed by atoms with van der Waals surface area (Å²) in [5.74, 6) is 0. The van der Waals surface area contributed by atoms with Crippen LogP contribution in [-0.4, -0.2) is 4.57 Å².